The lowest BCUT2D eigenvalue weighted by molar-refractivity contribution is -0.118. The van der Waals surface area contributed by atoms with E-state index in [9.17, 15) is 4.79 Å². The number of amides is 1. The van der Waals surface area contributed by atoms with E-state index in [0.29, 0.717) is 0 Å². The molecule has 0 bridgehead atoms. The molecule has 1 N–H and O–H groups in total. The van der Waals surface area contributed by atoms with Gasteiger partial charge in [0.15, 0.2) is 0 Å². The number of carbonyl (C=O) groups excluding carboxylic acids is 1. The highest BCUT2D eigenvalue weighted by Crippen LogP contribution is 2.34. The lowest BCUT2D eigenvalue weighted by Gasteiger charge is -2.20. The van der Waals surface area contributed by atoms with Crippen LogP contribution in [0.2, 0.25) is 0 Å². The molecule has 2 aromatic carbocycles. The summed E-state index contributed by atoms with van der Waals surface area (Å²) in [4.78, 5) is 14.0. The number of benzene rings is 2. The molecule has 3 rings (SSSR count). The molecule has 108 valence electrons. The number of carbonyl (C=O) groups is 1. The summed E-state index contributed by atoms with van der Waals surface area (Å²) in [5, 5.41) is 2.92. The predicted octanol–water partition coefficient (Wildman–Crippen LogP) is 3.98. The first kappa shape index (κ1) is 13.7. The van der Waals surface area contributed by atoms with E-state index in [1.54, 1.807) is 0 Å². The second kappa shape index (κ2) is 5.60. The fourth-order valence-electron chi connectivity index (χ4n) is 2.62. The van der Waals surface area contributed by atoms with Gasteiger partial charge in [0.05, 0.1) is 0 Å². The normalized spacial score (nSPS) is 13.4. The van der Waals surface area contributed by atoms with Gasteiger partial charge < -0.3 is 10.2 Å². The molecule has 0 spiro atoms. The van der Waals surface area contributed by atoms with Gasteiger partial charge in [0.25, 0.3) is 0 Å². The van der Waals surface area contributed by atoms with Crippen molar-refractivity contribution in [3.8, 4) is 0 Å². The third-order valence-corrected chi connectivity index (χ3v) is 3.86. The van der Waals surface area contributed by atoms with Gasteiger partial charge in [-0.1, -0.05) is 32.0 Å². The number of nitrogens with zero attached hydrogens (tertiary/aromatic N) is 1. The van der Waals surface area contributed by atoms with Crippen molar-refractivity contribution in [2.75, 3.05) is 16.8 Å². The monoisotopic (exact) mass is 280 g/mol. The Morgan fingerprint density at radius 3 is 2.52 bits per heavy atom. The summed E-state index contributed by atoms with van der Waals surface area (Å²) >= 11 is 0. The number of anilines is 3. The molecule has 3 nitrogen and oxygen atoms in total. The number of nitrogens with one attached hydrogen (secondary N) is 1. The standard InChI is InChI=1S/C18H20N2O/c1-13(2)18(21)19-15-7-9-16(10-8-15)20-12-11-14-5-3-4-6-17(14)20/h3-10,13H,11-12H2,1-2H3,(H,19,21). The quantitative estimate of drug-likeness (QED) is 0.922. The molecular weight excluding hydrogens is 260 g/mol. The van der Waals surface area contributed by atoms with E-state index < -0.39 is 0 Å². The summed E-state index contributed by atoms with van der Waals surface area (Å²) in [5.74, 6) is 0.0457. The fourth-order valence-corrected chi connectivity index (χ4v) is 2.62. The molecule has 0 radical (unpaired) electrons. The van der Waals surface area contributed by atoms with Crippen LogP contribution in [0.4, 0.5) is 17.1 Å². The number of rotatable bonds is 3. The van der Waals surface area contributed by atoms with Crippen LogP contribution in [0.3, 0.4) is 0 Å². The van der Waals surface area contributed by atoms with Crippen LogP contribution in [0.5, 0.6) is 0 Å². The number of fused-ring (bicyclic) bond motifs is 1. The first-order valence-electron chi connectivity index (χ1n) is 7.41. The van der Waals surface area contributed by atoms with Crippen molar-refractivity contribution in [3.05, 3.63) is 54.1 Å². The Balaban J connectivity index is 1.78. The third-order valence-electron chi connectivity index (χ3n) is 3.86. The van der Waals surface area contributed by atoms with E-state index in [-0.39, 0.29) is 11.8 Å². The zero-order valence-electron chi connectivity index (χ0n) is 12.5. The predicted molar refractivity (Wildman–Crippen MR) is 87.1 cm³/mol. The van der Waals surface area contributed by atoms with Gasteiger partial charge in [0.1, 0.15) is 0 Å². The van der Waals surface area contributed by atoms with Crippen molar-refractivity contribution in [1.82, 2.24) is 0 Å². The molecule has 21 heavy (non-hydrogen) atoms. The van der Waals surface area contributed by atoms with Crippen LogP contribution in [0.15, 0.2) is 48.5 Å². The summed E-state index contributed by atoms with van der Waals surface area (Å²) in [7, 11) is 0. The lowest BCUT2D eigenvalue weighted by Crippen LogP contribution is -2.18. The van der Waals surface area contributed by atoms with Crippen LogP contribution in [0, 0.1) is 5.92 Å². The van der Waals surface area contributed by atoms with Crippen LogP contribution in [0.25, 0.3) is 0 Å². The number of para-hydroxylation sites is 1. The summed E-state index contributed by atoms with van der Waals surface area (Å²) in [6.07, 6.45) is 1.09. The Bertz CT molecular complexity index is 647. The van der Waals surface area contributed by atoms with Crippen LogP contribution in [-0.2, 0) is 11.2 Å². The summed E-state index contributed by atoms with van der Waals surface area (Å²) in [6.45, 7) is 4.80. The Morgan fingerprint density at radius 2 is 1.81 bits per heavy atom. The van der Waals surface area contributed by atoms with Gasteiger partial charge >= 0.3 is 0 Å². The molecule has 1 heterocycles. The van der Waals surface area contributed by atoms with Gasteiger partial charge in [0.2, 0.25) is 5.91 Å². The molecule has 2 aromatic rings. The molecular formula is C18H20N2O. The highest BCUT2D eigenvalue weighted by atomic mass is 16.1. The van der Waals surface area contributed by atoms with Gasteiger partial charge in [-0.15, -0.1) is 0 Å². The topological polar surface area (TPSA) is 32.3 Å². The SMILES string of the molecule is CC(C)C(=O)Nc1ccc(N2CCc3ccccc32)cc1. The molecule has 1 aliphatic rings. The van der Waals surface area contributed by atoms with E-state index in [2.05, 4.69) is 46.6 Å². The third kappa shape index (κ3) is 2.77. The summed E-state index contributed by atoms with van der Waals surface area (Å²) in [5.41, 5.74) is 4.71. The Hall–Kier alpha value is -2.29. The molecule has 0 saturated carbocycles. The minimum absolute atomic E-state index is 0.00450. The molecule has 0 fully saturated rings. The van der Waals surface area contributed by atoms with Crippen molar-refractivity contribution in [1.29, 1.82) is 0 Å². The van der Waals surface area contributed by atoms with Crippen LogP contribution in [-0.4, -0.2) is 12.5 Å². The fraction of sp³-hybridized carbons (Fsp3) is 0.278. The average molecular weight is 280 g/mol. The molecule has 0 aliphatic carbocycles. The minimum Gasteiger partial charge on any atom is -0.341 e. The maximum atomic E-state index is 11.7. The van der Waals surface area contributed by atoms with E-state index >= 15 is 0 Å². The van der Waals surface area contributed by atoms with Gasteiger partial charge in [0, 0.05) is 29.5 Å². The zero-order chi connectivity index (χ0) is 14.8. The molecule has 3 heteroatoms. The van der Waals surface area contributed by atoms with Crippen molar-refractivity contribution in [2.45, 2.75) is 20.3 Å². The molecule has 0 aromatic heterocycles. The van der Waals surface area contributed by atoms with Gasteiger partial charge in [-0.05, 0) is 42.3 Å². The lowest BCUT2D eigenvalue weighted by atomic mass is 10.1. The number of hydrogen-bond donors (Lipinski definition) is 1. The number of hydrogen-bond acceptors (Lipinski definition) is 2. The van der Waals surface area contributed by atoms with Crippen molar-refractivity contribution < 1.29 is 4.79 Å². The van der Waals surface area contributed by atoms with E-state index in [0.717, 1.165) is 18.7 Å². The molecule has 0 atom stereocenters. The minimum atomic E-state index is -0.00450. The van der Waals surface area contributed by atoms with Crippen LogP contribution < -0.4 is 10.2 Å². The molecule has 1 amide bonds. The van der Waals surface area contributed by atoms with Crippen molar-refractivity contribution in [3.63, 3.8) is 0 Å². The Labute approximate surface area is 125 Å². The maximum absolute atomic E-state index is 11.7. The van der Waals surface area contributed by atoms with Crippen LogP contribution in [0.1, 0.15) is 19.4 Å². The Morgan fingerprint density at radius 1 is 1.10 bits per heavy atom. The second-order valence-electron chi connectivity index (χ2n) is 5.72. The van der Waals surface area contributed by atoms with Crippen molar-refractivity contribution in [2.24, 2.45) is 5.92 Å². The van der Waals surface area contributed by atoms with Gasteiger partial charge in [-0.3, -0.25) is 4.79 Å². The molecule has 0 saturated heterocycles. The molecule has 1 aliphatic heterocycles. The summed E-state index contributed by atoms with van der Waals surface area (Å²) in [6, 6.07) is 16.6. The highest BCUT2D eigenvalue weighted by molar-refractivity contribution is 5.92. The highest BCUT2D eigenvalue weighted by Gasteiger charge is 2.19. The van der Waals surface area contributed by atoms with E-state index in [1.807, 2.05) is 26.0 Å². The first-order chi connectivity index (χ1) is 10.1. The van der Waals surface area contributed by atoms with Gasteiger partial charge in [-0.25, -0.2) is 0 Å². The van der Waals surface area contributed by atoms with E-state index in [4.69, 9.17) is 0 Å². The summed E-state index contributed by atoms with van der Waals surface area (Å²) < 4.78 is 0. The maximum Gasteiger partial charge on any atom is 0.226 e. The Kier molecular flexibility index (Phi) is 3.65. The smallest absolute Gasteiger partial charge is 0.226 e. The van der Waals surface area contributed by atoms with E-state index in [1.165, 1.54) is 16.9 Å². The average Bonchev–Trinajstić information content (AvgIpc) is 2.92. The first-order valence-corrected chi connectivity index (χ1v) is 7.41. The largest absolute Gasteiger partial charge is 0.341 e. The second-order valence-corrected chi connectivity index (χ2v) is 5.72. The van der Waals surface area contributed by atoms with Crippen LogP contribution >= 0.6 is 0 Å². The van der Waals surface area contributed by atoms with Crippen molar-refractivity contribution >= 4 is 23.0 Å². The van der Waals surface area contributed by atoms with Gasteiger partial charge in [-0.2, -0.15) is 0 Å². The zero-order valence-corrected chi connectivity index (χ0v) is 12.5. The molecule has 0 unspecified atom stereocenters.